The van der Waals surface area contributed by atoms with E-state index in [4.69, 9.17) is 37.0 Å². The van der Waals surface area contributed by atoms with Crippen molar-refractivity contribution in [3.63, 3.8) is 0 Å². The Kier molecular flexibility index (Phi) is 71.6. The summed E-state index contributed by atoms with van der Waals surface area (Å²) in [7, 11) is -9.91. The van der Waals surface area contributed by atoms with Gasteiger partial charge in [-0.1, -0.05) is 375 Å². The standard InChI is InChI=1S/C80H156O17P2/c1-6-9-12-15-18-20-22-23-24-25-26-27-31-34-37-41-44-49-54-59-64-78(83)91-70-76(97-80(85)66-61-56-51-46-42-38-35-32-29-28-30-33-36-40-43-48-52-57-62-73(4)5)72-95-99(88,89)93-68-74(81)67-92-98(86,87)94-71-75(69-90-77(82)63-58-53-47-17-14-11-8-3)96-79(84)65-60-55-50-45-39-21-19-16-13-10-7-2/h73-76,81H,6-72H2,1-5H3,(H,86,87)(H,88,89)/t74-,75+,76+/m0/s1. The fourth-order valence-corrected chi connectivity index (χ4v) is 14.0. The number of carbonyl (C=O) groups excluding carboxylic acids is 4. The van der Waals surface area contributed by atoms with E-state index in [-0.39, 0.29) is 25.7 Å². The van der Waals surface area contributed by atoms with E-state index in [1.165, 1.54) is 238 Å². The second-order valence-electron chi connectivity index (χ2n) is 29.3. The second kappa shape index (κ2) is 73.0. The van der Waals surface area contributed by atoms with Crippen molar-refractivity contribution in [2.24, 2.45) is 5.92 Å². The second-order valence-corrected chi connectivity index (χ2v) is 32.2. The summed E-state index contributed by atoms with van der Waals surface area (Å²) in [5.74, 6) is -1.29. The molecule has 19 heteroatoms. The van der Waals surface area contributed by atoms with Crippen LogP contribution < -0.4 is 0 Å². The SMILES string of the molecule is CCCCCCCCCCCCCCCCCCCCCCC(=O)OC[C@H](COP(=O)(O)OC[C@@H](O)COP(=O)(O)OC[C@@H](COC(=O)CCCCCCCCC)OC(=O)CCCCCCCCCCCCC)OC(=O)CCCCCCCCCCCCCCCCCCCCC(C)C. The summed E-state index contributed by atoms with van der Waals surface area (Å²) < 4.78 is 68.5. The zero-order chi connectivity index (χ0) is 72.7. The van der Waals surface area contributed by atoms with Crippen LogP contribution in [0.4, 0.5) is 0 Å². The lowest BCUT2D eigenvalue weighted by Crippen LogP contribution is -2.30. The molecule has 0 aromatic carbocycles. The summed E-state index contributed by atoms with van der Waals surface area (Å²) in [6.45, 7) is 7.31. The molecule has 0 saturated carbocycles. The van der Waals surface area contributed by atoms with Crippen molar-refractivity contribution < 1.29 is 80.2 Å². The molecule has 3 N–H and O–H groups in total. The van der Waals surface area contributed by atoms with Gasteiger partial charge < -0.3 is 33.8 Å². The summed E-state index contributed by atoms with van der Waals surface area (Å²) in [5, 5.41) is 10.6. The average molecular weight is 1450 g/mol. The molecule has 0 aromatic rings. The van der Waals surface area contributed by atoms with Gasteiger partial charge in [0.1, 0.15) is 19.3 Å². The van der Waals surface area contributed by atoms with Gasteiger partial charge in [0.25, 0.3) is 0 Å². The Morgan fingerprint density at radius 2 is 0.465 bits per heavy atom. The number of esters is 4. The van der Waals surface area contributed by atoms with Crippen LogP contribution in [0.5, 0.6) is 0 Å². The summed E-state index contributed by atoms with van der Waals surface area (Å²) in [5.41, 5.74) is 0. The fraction of sp³-hybridized carbons (Fsp3) is 0.950. The molecule has 0 fully saturated rings. The smallest absolute Gasteiger partial charge is 0.462 e. The third-order valence-corrected chi connectivity index (χ3v) is 20.7. The van der Waals surface area contributed by atoms with E-state index in [2.05, 4.69) is 34.6 Å². The molecular formula is C80H156O17P2. The van der Waals surface area contributed by atoms with Crippen LogP contribution in [0.2, 0.25) is 0 Å². The molecule has 0 heterocycles. The molecule has 0 amide bonds. The van der Waals surface area contributed by atoms with Crippen LogP contribution in [0.25, 0.3) is 0 Å². The average Bonchev–Trinajstić information content (AvgIpc) is 1.05. The minimum Gasteiger partial charge on any atom is -0.462 e. The number of rotatable bonds is 80. The molecule has 2 unspecified atom stereocenters. The summed E-state index contributed by atoms with van der Waals surface area (Å²) in [4.78, 5) is 72.8. The normalized spacial score (nSPS) is 13.9. The maximum atomic E-state index is 13.1. The van der Waals surface area contributed by atoms with Gasteiger partial charge in [0.2, 0.25) is 0 Å². The van der Waals surface area contributed by atoms with Crippen LogP contribution in [0, 0.1) is 5.92 Å². The van der Waals surface area contributed by atoms with Gasteiger partial charge in [-0.05, 0) is 31.6 Å². The first-order chi connectivity index (χ1) is 48.0. The van der Waals surface area contributed by atoms with E-state index >= 15 is 0 Å². The first kappa shape index (κ1) is 97.1. The highest BCUT2D eigenvalue weighted by Gasteiger charge is 2.30. The lowest BCUT2D eigenvalue weighted by atomic mass is 10.0. The van der Waals surface area contributed by atoms with Gasteiger partial charge in [-0.3, -0.25) is 37.3 Å². The summed E-state index contributed by atoms with van der Waals surface area (Å²) in [6.07, 6.45) is 64.1. The quantitative estimate of drug-likeness (QED) is 0.0222. The van der Waals surface area contributed by atoms with Crippen LogP contribution >= 0.6 is 15.6 Å². The van der Waals surface area contributed by atoms with E-state index in [1.807, 2.05) is 0 Å². The van der Waals surface area contributed by atoms with Crippen molar-refractivity contribution in [3.05, 3.63) is 0 Å². The van der Waals surface area contributed by atoms with Crippen LogP contribution in [0.15, 0.2) is 0 Å². The summed E-state index contributed by atoms with van der Waals surface area (Å²) >= 11 is 0. The largest absolute Gasteiger partial charge is 0.472 e. The Hall–Kier alpha value is -1.94. The van der Waals surface area contributed by atoms with E-state index in [0.29, 0.717) is 25.7 Å². The van der Waals surface area contributed by atoms with Crippen LogP contribution in [0.1, 0.15) is 426 Å². The number of aliphatic hydroxyl groups excluding tert-OH is 1. The molecule has 0 bridgehead atoms. The molecule has 0 rings (SSSR count). The molecule has 0 saturated heterocycles. The predicted molar refractivity (Wildman–Crippen MR) is 405 cm³/mol. The Balaban J connectivity index is 5.14. The molecule has 0 aliphatic heterocycles. The maximum absolute atomic E-state index is 13.1. The highest BCUT2D eigenvalue weighted by atomic mass is 31.2. The predicted octanol–water partition coefficient (Wildman–Crippen LogP) is 24.0. The molecular weight excluding hydrogens is 1290 g/mol. The molecule has 0 aliphatic carbocycles. The third-order valence-electron chi connectivity index (χ3n) is 18.8. The molecule has 17 nitrogen and oxygen atoms in total. The number of aliphatic hydroxyl groups is 1. The Morgan fingerprint density at radius 1 is 0.273 bits per heavy atom. The molecule has 99 heavy (non-hydrogen) atoms. The number of phosphoric acid groups is 2. The Bertz CT molecular complexity index is 1890. The van der Waals surface area contributed by atoms with Crippen molar-refractivity contribution >= 4 is 39.5 Å². The van der Waals surface area contributed by atoms with Gasteiger partial charge in [0.05, 0.1) is 26.4 Å². The monoisotopic (exact) mass is 1450 g/mol. The van der Waals surface area contributed by atoms with E-state index in [9.17, 15) is 43.2 Å². The van der Waals surface area contributed by atoms with E-state index in [1.54, 1.807) is 0 Å². The molecule has 0 aliphatic rings. The first-order valence-electron chi connectivity index (χ1n) is 41.6. The van der Waals surface area contributed by atoms with Crippen molar-refractivity contribution in [2.75, 3.05) is 39.6 Å². The zero-order valence-electron chi connectivity index (χ0n) is 64.6. The lowest BCUT2D eigenvalue weighted by molar-refractivity contribution is -0.161. The van der Waals surface area contributed by atoms with Crippen LogP contribution in [0.3, 0.4) is 0 Å². The van der Waals surface area contributed by atoms with Gasteiger partial charge in [-0.15, -0.1) is 0 Å². The topological polar surface area (TPSA) is 237 Å². The number of hydrogen-bond donors (Lipinski definition) is 3. The molecule has 588 valence electrons. The van der Waals surface area contributed by atoms with Crippen molar-refractivity contribution in [1.29, 1.82) is 0 Å². The lowest BCUT2D eigenvalue weighted by Gasteiger charge is -2.21. The van der Waals surface area contributed by atoms with Gasteiger partial charge in [-0.2, -0.15) is 0 Å². The summed E-state index contributed by atoms with van der Waals surface area (Å²) in [6, 6.07) is 0. The van der Waals surface area contributed by atoms with Crippen molar-refractivity contribution in [3.8, 4) is 0 Å². The number of phosphoric ester groups is 2. The van der Waals surface area contributed by atoms with Gasteiger partial charge >= 0.3 is 39.5 Å². The number of unbranched alkanes of at least 4 members (excludes halogenated alkanes) is 52. The van der Waals surface area contributed by atoms with Crippen molar-refractivity contribution in [2.45, 2.75) is 445 Å². The maximum Gasteiger partial charge on any atom is 0.472 e. The van der Waals surface area contributed by atoms with E-state index < -0.39 is 97.5 Å². The zero-order valence-corrected chi connectivity index (χ0v) is 66.4. The van der Waals surface area contributed by atoms with Crippen LogP contribution in [-0.2, 0) is 65.4 Å². The van der Waals surface area contributed by atoms with Gasteiger partial charge in [0.15, 0.2) is 12.2 Å². The highest BCUT2D eigenvalue weighted by molar-refractivity contribution is 7.47. The molecule has 5 atom stereocenters. The molecule has 0 radical (unpaired) electrons. The number of hydrogen-bond acceptors (Lipinski definition) is 15. The third kappa shape index (κ3) is 74.1. The Morgan fingerprint density at radius 3 is 0.687 bits per heavy atom. The van der Waals surface area contributed by atoms with E-state index in [0.717, 1.165) is 109 Å². The first-order valence-corrected chi connectivity index (χ1v) is 44.6. The molecule has 0 aromatic heterocycles. The highest BCUT2D eigenvalue weighted by Crippen LogP contribution is 2.45. The minimum atomic E-state index is -4.96. The fourth-order valence-electron chi connectivity index (χ4n) is 12.4. The van der Waals surface area contributed by atoms with Crippen molar-refractivity contribution in [1.82, 2.24) is 0 Å². The Labute approximate surface area is 607 Å². The van der Waals surface area contributed by atoms with Gasteiger partial charge in [0, 0.05) is 25.7 Å². The number of carbonyl (C=O) groups is 4. The van der Waals surface area contributed by atoms with Gasteiger partial charge in [-0.25, -0.2) is 9.13 Å². The van der Waals surface area contributed by atoms with Crippen LogP contribution in [-0.4, -0.2) is 96.7 Å². The number of ether oxygens (including phenoxy) is 4. The minimum absolute atomic E-state index is 0.107. The molecule has 0 spiro atoms.